The number of nitrogens with one attached hydrogen (secondary N) is 2. The maximum Gasteiger partial charge on any atom is 0.165 e. The number of benzene rings is 6. The van der Waals surface area contributed by atoms with Crippen molar-refractivity contribution in [3.05, 3.63) is 121 Å². The summed E-state index contributed by atoms with van der Waals surface area (Å²) in [6.45, 7) is 8.81. The van der Waals surface area contributed by atoms with Crippen molar-refractivity contribution < 1.29 is 0 Å². The van der Waals surface area contributed by atoms with E-state index >= 15 is 0 Å². The molecule has 8 heteroatoms. The number of rotatable bonds is 0. The van der Waals surface area contributed by atoms with E-state index in [1.54, 1.807) is 0 Å². The molecule has 0 fully saturated rings. The van der Waals surface area contributed by atoms with Gasteiger partial charge < -0.3 is 9.97 Å². The molecule has 9 aromatic rings. The van der Waals surface area contributed by atoms with E-state index < -0.39 is 10.8 Å². The minimum absolute atomic E-state index is 0.442. The fraction of sp³-hybridized carbons (Fsp3) is 0.136. The molecule has 0 saturated carbocycles. The maximum absolute atomic E-state index is 5.36. The fourth-order valence-electron chi connectivity index (χ4n) is 8.05. The maximum atomic E-state index is 5.36. The minimum Gasteiger partial charge on any atom is -0.324 e. The zero-order valence-electron chi connectivity index (χ0n) is 29.1. The van der Waals surface area contributed by atoms with Crippen molar-refractivity contribution >= 4 is 76.5 Å². The third-order valence-corrected chi connectivity index (χ3v) is 11.7. The number of hydrogen-bond acceptors (Lipinski definition) is 6. The van der Waals surface area contributed by atoms with Gasteiger partial charge in [-0.2, -0.15) is 0 Å². The highest BCUT2D eigenvalue weighted by atomic mass is 15.1. The Labute approximate surface area is 297 Å². The second kappa shape index (κ2) is 10.0. The van der Waals surface area contributed by atoms with Gasteiger partial charge in [-0.05, 0) is 50.5 Å². The lowest BCUT2D eigenvalue weighted by Gasteiger charge is -2.32. The first-order chi connectivity index (χ1) is 25.3. The summed E-state index contributed by atoms with van der Waals surface area (Å²) < 4.78 is 0. The molecule has 6 aromatic carbocycles. The molecule has 0 radical (unpaired) electrons. The first-order valence-electron chi connectivity index (χ1n) is 17.6. The van der Waals surface area contributed by atoms with Crippen molar-refractivity contribution in [2.24, 2.45) is 0 Å². The minimum atomic E-state index is -0.446. The molecule has 8 bridgehead atoms. The van der Waals surface area contributed by atoms with Gasteiger partial charge in [-0.1, -0.05) is 119 Å². The van der Waals surface area contributed by atoms with Gasteiger partial charge in [0, 0.05) is 43.5 Å². The van der Waals surface area contributed by atoms with E-state index in [2.05, 4.69) is 147 Å². The van der Waals surface area contributed by atoms with Crippen LogP contribution in [-0.4, -0.2) is 39.9 Å². The van der Waals surface area contributed by atoms with Crippen LogP contribution < -0.4 is 0 Å². The topological polar surface area (TPSA) is 109 Å². The summed E-state index contributed by atoms with van der Waals surface area (Å²) in [5.41, 5.74) is 3.80. The Morgan fingerprint density at radius 2 is 0.846 bits per heavy atom. The summed E-state index contributed by atoms with van der Waals surface area (Å²) in [6.07, 6.45) is 0. The van der Waals surface area contributed by atoms with Gasteiger partial charge in [0.05, 0.1) is 0 Å². The van der Waals surface area contributed by atoms with Crippen LogP contribution in [0.2, 0.25) is 0 Å². The van der Waals surface area contributed by atoms with Crippen LogP contribution >= 0.6 is 0 Å². The molecular formula is C44H32N8. The van der Waals surface area contributed by atoms with E-state index in [0.29, 0.717) is 45.9 Å². The van der Waals surface area contributed by atoms with E-state index in [-0.39, 0.29) is 0 Å². The Morgan fingerprint density at radius 1 is 0.385 bits per heavy atom. The van der Waals surface area contributed by atoms with E-state index in [0.717, 1.165) is 65.0 Å². The highest BCUT2D eigenvalue weighted by Gasteiger charge is 2.48. The van der Waals surface area contributed by atoms with Crippen molar-refractivity contribution in [2.75, 3.05) is 0 Å². The monoisotopic (exact) mass is 672 g/mol. The average Bonchev–Trinajstić information content (AvgIpc) is 3.85. The van der Waals surface area contributed by atoms with E-state index in [9.17, 15) is 0 Å². The number of aromatic nitrogens is 8. The number of aromatic amines is 2. The van der Waals surface area contributed by atoms with Gasteiger partial charge in [-0.15, -0.1) is 0 Å². The third kappa shape index (κ3) is 3.86. The van der Waals surface area contributed by atoms with Crippen LogP contribution in [0.5, 0.6) is 0 Å². The molecule has 0 spiro atoms. The molecule has 3 aromatic heterocycles. The largest absolute Gasteiger partial charge is 0.324 e. The molecule has 0 unspecified atom stereocenters. The SMILES string of the molecule is CC1(C)c2nc(nc3[nH]c(nc4nc(nc5[nH]c(n2)c2ccc6ccccc6c52)-c2ccc5ccccc5c2-4)c2ccc4ccccc4c32)C1(C)C. The Morgan fingerprint density at radius 3 is 1.46 bits per heavy atom. The van der Waals surface area contributed by atoms with Crippen molar-refractivity contribution in [1.82, 2.24) is 39.9 Å². The van der Waals surface area contributed by atoms with Crippen molar-refractivity contribution in [1.29, 1.82) is 0 Å². The molecule has 2 N–H and O–H groups in total. The normalized spacial score (nSPS) is 14.8. The van der Waals surface area contributed by atoms with Crippen LogP contribution in [-0.2, 0) is 10.8 Å². The summed E-state index contributed by atoms with van der Waals surface area (Å²) in [5, 5.41) is 10.6. The molecule has 2 aliphatic heterocycles. The van der Waals surface area contributed by atoms with Gasteiger partial charge in [0.2, 0.25) is 0 Å². The lowest BCUT2D eigenvalue weighted by molar-refractivity contribution is 0.310. The van der Waals surface area contributed by atoms with Gasteiger partial charge in [0.25, 0.3) is 0 Å². The molecule has 0 saturated heterocycles. The number of H-pyrrole nitrogens is 2. The molecule has 0 atom stereocenters. The number of nitrogens with zero attached hydrogens (tertiary/aromatic N) is 6. The highest BCUT2D eigenvalue weighted by molar-refractivity contribution is 6.20. The molecule has 2 aliphatic rings. The van der Waals surface area contributed by atoms with Crippen molar-refractivity contribution in [2.45, 2.75) is 38.5 Å². The van der Waals surface area contributed by atoms with Crippen LogP contribution in [0.1, 0.15) is 39.3 Å². The predicted octanol–water partition coefficient (Wildman–Crippen LogP) is 10.3. The van der Waals surface area contributed by atoms with Gasteiger partial charge in [-0.3, -0.25) is 0 Å². The van der Waals surface area contributed by atoms with E-state index in [1.807, 2.05) is 0 Å². The second-order valence-electron chi connectivity index (χ2n) is 15.0. The number of hydrogen-bond donors (Lipinski definition) is 2. The molecule has 11 rings (SSSR count). The fourth-order valence-corrected chi connectivity index (χ4v) is 8.05. The van der Waals surface area contributed by atoms with Crippen LogP contribution in [0.25, 0.3) is 99.2 Å². The quantitative estimate of drug-likeness (QED) is 0.166. The summed E-state index contributed by atoms with van der Waals surface area (Å²) in [6, 6.07) is 38.0. The van der Waals surface area contributed by atoms with Gasteiger partial charge in [0.1, 0.15) is 34.2 Å². The predicted molar refractivity (Wildman–Crippen MR) is 210 cm³/mol. The van der Waals surface area contributed by atoms with Crippen LogP contribution in [0.3, 0.4) is 0 Å². The average molecular weight is 673 g/mol. The Hall–Kier alpha value is -6.54. The lowest BCUT2D eigenvalue weighted by Crippen LogP contribution is -2.37. The van der Waals surface area contributed by atoms with E-state index in [1.165, 1.54) is 0 Å². The Balaban J connectivity index is 1.39. The lowest BCUT2D eigenvalue weighted by atomic mass is 9.69. The second-order valence-corrected chi connectivity index (χ2v) is 15.0. The highest BCUT2D eigenvalue weighted by Crippen LogP contribution is 2.46. The van der Waals surface area contributed by atoms with Crippen LogP contribution in [0.4, 0.5) is 0 Å². The van der Waals surface area contributed by atoms with Gasteiger partial charge in [0.15, 0.2) is 11.6 Å². The van der Waals surface area contributed by atoms with Crippen molar-refractivity contribution in [3.8, 4) is 22.8 Å². The Kier molecular flexibility index (Phi) is 5.64. The standard InChI is InChI=1S/C44H32N8/c1-43(2)41-50-37-31-22-19-24-12-6-9-15-27(24)33(31)39(49-37)46-35-29-20-17-23-11-5-8-14-26(23)32(29)38(45-35)47-36-30-21-18-25-13-7-10-16-28(25)34(30)40(48-36)51-42(52-41)44(43,3)4/h5-22H,1-4H3,(H2,45,46,47,48,49,50,51,52). The molecule has 0 aliphatic carbocycles. The third-order valence-electron chi connectivity index (χ3n) is 11.7. The Bertz CT molecular complexity index is 3200. The molecule has 0 amide bonds. The first kappa shape index (κ1) is 29.2. The van der Waals surface area contributed by atoms with Gasteiger partial charge in [-0.25, -0.2) is 29.9 Å². The number of fused-ring (bicyclic) bond motifs is 23. The summed E-state index contributed by atoms with van der Waals surface area (Å²) >= 11 is 0. The van der Waals surface area contributed by atoms with E-state index in [4.69, 9.17) is 29.9 Å². The molecular weight excluding hydrogens is 641 g/mol. The summed E-state index contributed by atoms with van der Waals surface area (Å²) in [4.78, 5) is 39.1. The molecule has 8 nitrogen and oxygen atoms in total. The summed E-state index contributed by atoms with van der Waals surface area (Å²) in [5.74, 6) is 2.61. The smallest absolute Gasteiger partial charge is 0.165 e. The zero-order chi connectivity index (χ0) is 34.9. The molecule has 5 heterocycles. The van der Waals surface area contributed by atoms with Gasteiger partial charge >= 0.3 is 0 Å². The first-order valence-corrected chi connectivity index (χ1v) is 17.6. The molecule has 248 valence electrons. The van der Waals surface area contributed by atoms with Crippen LogP contribution in [0, 0.1) is 0 Å². The summed E-state index contributed by atoms with van der Waals surface area (Å²) in [7, 11) is 0. The molecule has 52 heavy (non-hydrogen) atoms. The zero-order valence-corrected chi connectivity index (χ0v) is 29.1. The van der Waals surface area contributed by atoms with Crippen molar-refractivity contribution in [3.63, 3.8) is 0 Å². The van der Waals surface area contributed by atoms with Crippen LogP contribution in [0.15, 0.2) is 109 Å².